The maximum absolute atomic E-state index is 12.7. The molecule has 2 aromatic heterocycles. The quantitative estimate of drug-likeness (QED) is 0.729. The fourth-order valence-corrected chi connectivity index (χ4v) is 3.34. The maximum atomic E-state index is 12.7. The van der Waals surface area contributed by atoms with Crippen LogP contribution < -0.4 is 0 Å². The molecule has 0 atom stereocenters. The van der Waals surface area contributed by atoms with Gasteiger partial charge in [-0.15, -0.1) is 0 Å². The molecule has 0 unspecified atom stereocenters. The Balaban J connectivity index is 1.69. The number of hydrogen-bond donors (Lipinski definition) is 1. The lowest BCUT2D eigenvalue weighted by atomic mass is 10.0. The van der Waals surface area contributed by atoms with E-state index in [1.807, 2.05) is 19.1 Å². The molecular formula is C19H18N2O4. The first kappa shape index (κ1) is 15.5. The Labute approximate surface area is 144 Å². The van der Waals surface area contributed by atoms with Crippen LogP contribution in [0.1, 0.15) is 37.9 Å². The number of esters is 1. The fourth-order valence-electron chi connectivity index (χ4n) is 3.34. The summed E-state index contributed by atoms with van der Waals surface area (Å²) >= 11 is 0. The number of furan rings is 1. The van der Waals surface area contributed by atoms with Gasteiger partial charge in [-0.2, -0.15) is 0 Å². The minimum Gasteiger partial charge on any atom is -0.465 e. The van der Waals surface area contributed by atoms with Crippen LogP contribution in [-0.4, -0.2) is 35.4 Å². The van der Waals surface area contributed by atoms with Crippen LogP contribution in [0.15, 0.2) is 34.7 Å². The van der Waals surface area contributed by atoms with E-state index in [4.69, 9.17) is 9.15 Å². The van der Waals surface area contributed by atoms with Crippen molar-refractivity contribution < 1.29 is 18.7 Å². The van der Waals surface area contributed by atoms with Crippen LogP contribution in [0.3, 0.4) is 0 Å². The van der Waals surface area contributed by atoms with Crippen LogP contribution in [0, 0.1) is 6.92 Å². The van der Waals surface area contributed by atoms with Gasteiger partial charge in [-0.25, -0.2) is 4.79 Å². The lowest BCUT2D eigenvalue weighted by Gasteiger charge is -2.26. The number of hydrogen-bond acceptors (Lipinski definition) is 4. The molecule has 1 aliphatic heterocycles. The van der Waals surface area contributed by atoms with E-state index in [1.54, 1.807) is 23.1 Å². The normalized spacial score (nSPS) is 13.8. The molecule has 25 heavy (non-hydrogen) atoms. The molecule has 0 radical (unpaired) electrons. The predicted molar refractivity (Wildman–Crippen MR) is 91.5 cm³/mol. The van der Waals surface area contributed by atoms with Crippen molar-refractivity contribution in [2.75, 3.05) is 13.7 Å². The van der Waals surface area contributed by atoms with Gasteiger partial charge in [0, 0.05) is 41.7 Å². The van der Waals surface area contributed by atoms with E-state index in [2.05, 4.69) is 4.98 Å². The van der Waals surface area contributed by atoms with Crippen molar-refractivity contribution in [1.82, 2.24) is 9.88 Å². The van der Waals surface area contributed by atoms with Gasteiger partial charge in [0.25, 0.3) is 5.91 Å². The molecule has 0 saturated carbocycles. The van der Waals surface area contributed by atoms with Gasteiger partial charge in [0.05, 0.1) is 12.7 Å². The largest absolute Gasteiger partial charge is 0.465 e. The summed E-state index contributed by atoms with van der Waals surface area (Å²) in [4.78, 5) is 29.6. The second-order valence-corrected chi connectivity index (χ2v) is 6.22. The smallest absolute Gasteiger partial charge is 0.337 e. The van der Waals surface area contributed by atoms with Gasteiger partial charge in [-0.05, 0) is 37.3 Å². The second kappa shape index (κ2) is 5.81. The molecular weight excluding hydrogens is 320 g/mol. The van der Waals surface area contributed by atoms with Gasteiger partial charge in [-0.3, -0.25) is 4.79 Å². The standard InChI is InChI=1S/C19H18N2O4/c1-11-3-6-17(25-11)18(22)21-8-7-16-14(10-21)13-9-12(19(23)24-2)4-5-15(13)20-16/h3-6,9,20H,7-8,10H2,1-2H3. The van der Waals surface area contributed by atoms with E-state index in [0.717, 1.165) is 34.3 Å². The summed E-state index contributed by atoms with van der Waals surface area (Å²) in [6.45, 7) is 2.93. The number of carbonyl (C=O) groups is 2. The number of H-pyrrole nitrogens is 1. The Morgan fingerprint density at radius 3 is 2.80 bits per heavy atom. The third kappa shape index (κ3) is 2.59. The van der Waals surface area contributed by atoms with Crippen molar-refractivity contribution in [2.45, 2.75) is 19.9 Å². The van der Waals surface area contributed by atoms with Crippen LogP contribution in [0.2, 0.25) is 0 Å². The highest BCUT2D eigenvalue weighted by molar-refractivity contribution is 5.97. The number of amides is 1. The number of aromatic nitrogens is 1. The molecule has 1 aromatic carbocycles. The number of ether oxygens (including phenoxy) is 1. The fraction of sp³-hybridized carbons (Fsp3) is 0.263. The summed E-state index contributed by atoms with van der Waals surface area (Å²) in [6.07, 6.45) is 0.739. The monoisotopic (exact) mass is 338 g/mol. The zero-order valence-corrected chi connectivity index (χ0v) is 14.1. The summed E-state index contributed by atoms with van der Waals surface area (Å²) in [5.41, 5.74) is 3.61. The van der Waals surface area contributed by atoms with Crippen LogP contribution in [0.25, 0.3) is 10.9 Å². The number of nitrogens with zero attached hydrogens (tertiary/aromatic N) is 1. The lowest BCUT2D eigenvalue weighted by molar-refractivity contribution is 0.0600. The minimum atomic E-state index is -0.369. The van der Waals surface area contributed by atoms with Crippen molar-refractivity contribution >= 4 is 22.8 Å². The Hall–Kier alpha value is -3.02. The van der Waals surface area contributed by atoms with Crippen LogP contribution in [0.5, 0.6) is 0 Å². The molecule has 1 aliphatic rings. The van der Waals surface area contributed by atoms with Crippen molar-refractivity contribution in [2.24, 2.45) is 0 Å². The molecule has 3 heterocycles. The third-order valence-electron chi connectivity index (χ3n) is 4.63. The summed E-state index contributed by atoms with van der Waals surface area (Å²) < 4.78 is 10.3. The van der Waals surface area contributed by atoms with E-state index in [9.17, 15) is 9.59 Å². The zero-order chi connectivity index (χ0) is 17.6. The van der Waals surface area contributed by atoms with Crippen LogP contribution in [0.4, 0.5) is 0 Å². The van der Waals surface area contributed by atoms with Gasteiger partial charge in [0.15, 0.2) is 5.76 Å². The number of nitrogens with one attached hydrogen (secondary N) is 1. The summed E-state index contributed by atoms with van der Waals surface area (Å²) in [5, 5.41) is 0.950. The van der Waals surface area contributed by atoms with Gasteiger partial charge in [0.2, 0.25) is 0 Å². The first-order valence-electron chi connectivity index (χ1n) is 8.14. The molecule has 0 aliphatic carbocycles. The molecule has 0 fully saturated rings. The molecule has 6 nitrogen and oxygen atoms in total. The molecule has 1 N–H and O–H groups in total. The number of methoxy groups -OCH3 is 1. The summed E-state index contributed by atoms with van der Waals surface area (Å²) in [5.74, 6) is 0.593. The third-order valence-corrected chi connectivity index (χ3v) is 4.63. The molecule has 3 aromatic rings. The average Bonchev–Trinajstić information content (AvgIpc) is 3.22. The molecule has 0 bridgehead atoms. The van der Waals surface area contributed by atoms with Crippen molar-refractivity contribution in [3.05, 3.63) is 58.7 Å². The topological polar surface area (TPSA) is 75.5 Å². The van der Waals surface area contributed by atoms with E-state index in [0.29, 0.717) is 24.4 Å². The number of rotatable bonds is 2. The molecule has 1 amide bonds. The number of aromatic amines is 1. The Morgan fingerprint density at radius 2 is 2.08 bits per heavy atom. The zero-order valence-electron chi connectivity index (χ0n) is 14.1. The number of carbonyl (C=O) groups excluding carboxylic acids is 2. The Bertz CT molecular complexity index is 983. The van der Waals surface area contributed by atoms with E-state index in [1.165, 1.54) is 7.11 Å². The van der Waals surface area contributed by atoms with Gasteiger partial charge >= 0.3 is 5.97 Å². The highest BCUT2D eigenvalue weighted by Gasteiger charge is 2.26. The number of fused-ring (bicyclic) bond motifs is 3. The van der Waals surface area contributed by atoms with Crippen molar-refractivity contribution in [3.8, 4) is 0 Å². The molecule has 4 rings (SSSR count). The lowest BCUT2D eigenvalue weighted by Crippen LogP contribution is -2.35. The average molecular weight is 338 g/mol. The molecule has 0 spiro atoms. The SMILES string of the molecule is COC(=O)c1ccc2[nH]c3c(c2c1)CN(C(=O)c1ccc(C)o1)CC3. The van der Waals surface area contributed by atoms with E-state index in [-0.39, 0.29) is 11.9 Å². The summed E-state index contributed by atoms with van der Waals surface area (Å²) in [6, 6.07) is 8.93. The molecule has 6 heteroatoms. The maximum Gasteiger partial charge on any atom is 0.337 e. The predicted octanol–water partition coefficient (Wildman–Crippen LogP) is 3.05. The Morgan fingerprint density at radius 1 is 1.24 bits per heavy atom. The van der Waals surface area contributed by atoms with Gasteiger partial charge in [0.1, 0.15) is 5.76 Å². The van der Waals surface area contributed by atoms with E-state index >= 15 is 0 Å². The highest BCUT2D eigenvalue weighted by Crippen LogP contribution is 2.29. The summed E-state index contributed by atoms with van der Waals surface area (Å²) in [7, 11) is 1.37. The molecule has 128 valence electrons. The van der Waals surface area contributed by atoms with Crippen molar-refractivity contribution in [3.63, 3.8) is 0 Å². The Kier molecular flexibility index (Phi) is 3.60. The second-order valence-electron chi connectivity index (χ2n) is 6.22. The van der Waals surface area contributed by atoms with Gasteiger partial charge in [-0.1, -0.05) is 0 Å². The number of benzene rings is 1. The van der Waals surface area contributed by atoms with Crippen LogP contribution >= 0.6 is 0 Å². The minimum absolute atomic E-state index is 0.114. The van der Waals surface area contributed by atoms with E-state index < -0.39 is 0 Å². The first-order valence-corrected chi connectivity index (χ1v) is 8.14. The molecule has 0 saturated heterocycles. The van der Waals surface area contributed by atoms with Crippen molar-refractivity contribution in [1.29, 1.82) is 0 Å². The van der Waals surface area contributed by atoms with Crippen LogP contribution in [-0.2, 0) is 17.7 Å². The van der Waals surface area contributed by atoms with Gasteiger partial charge < -0.3 is 19.0 Å². The highest BCUT2D eigenvalue weighted by atomic mass is 16.5. The number of aryl methyl sites for hydroxylation is 1. The first-order chi connectivity index (χ1) is 12.1.